The van der Waals surface area contributed by atoms with Gasteiger partial charge in [0, 0.05) is 38.4 Å². The topological polar surface area (TPSA) is 26.7 Å². The average Bonchev–Trinajstić information content (AvgIpc) is 2.32. The van der Waals surface area contributed by atoms with Gasteiger partial charge in [-0.05, 0) is 12.1 Å². The first-order valence-corrected chi connectivity index (χ1v) is 5.38. The van der Waals surface area contributed by atoms with Gasteiger partial charge in [-0.15, -0.1) is 0 Å². The van der Waals surface area contributed by atoms with Crippen molar-refractivity contribution in [1.29, 1.82) is 0 Å². The molecule has 1 N–H and O–H groups in total. The number of aliphatic hydroxyl groups excluding tert-OH is 1. The number of hydrogen-bond donors (Lipinski definition) is 1. The summed E-state index contributed by atoms with van der Waals surface area (Å²) in [4.78, 5) is 4.63. The molecule has 0 aliphatic carbocycles. The van der Waals surface area contributed by atoms with E-state index in [9.17, 15) is 0 Å². The van der Waals surface area contributed by atoms with E-state index >= 15 is 0 Å². The number of anilines is 1. The molecule has 0 atom stereocenters. The van der Waals surface area contributed by atoms with Gasteiger partial charge < -0.3 is 10.0 Å². The van der Waals surface area contributed by atoms with Gasteiger partial charge in [-0.25, -0.2) is 0 Å². The van der Waals surface area contributed by atoms with Gasteiger partial charge in [-0.3, -0.25) is 4.90 Å². The van der Waals surface area contributed by atoms with E-state index < -0.39 is 0 Å². The molecular weight excluding hydrogens is 188 g/mol. The summed E-state index contributed by atoms with van der Waals surface area (Å²) in [5.41, 5.74) is 1.30. The number of nitrogens with zero attached hydrogens (tertiary/aromatic N) is 2. The number of benzene rings is 1. The minimum Gasteiger partial charge on any atom is -0.389 e. The van der Waals surface area contributed by atoms with E-state index in [4.69, 9.17) is 5.11 Å². The molecule has 1 fully saturated rings. The lowest BCUT2D eigenvalue weighted by molar-refractivity contribution is 0.231. The van der Waals surface area contributed by atoms with Gasteiger partial charge in [0.1, 0.15) is 0 Å². The van der Waals surface area contributed by atoms with Gasteiger partial charge >= 0.3 is 0 Å². The molecule has 1 aromatic rings. The summed E-state index contributed by atoms with van der Waals surface area (Å²) in [5.74, 6) is 0. The van der Waals surface area contributed by atoms with E-state index in [-0.39, 0.29) is 0 Å². The van der Waals surface area contributed by atoms with Crippen molar-refractivity contribution in [2.45, 2.75) is 0 Å². The third kappa shape index (κ3) is 2.70. The van der Waals surface area contributed by atoms with Gasteiger partial charge in [0.15, 0.2) is 0 Å². The number of piperazine rings is 1. The second-order valence-electron chi connectivity index (χ2n) is 3.81. The summed E-state index contributed by atoms with van der Waals surface area (Å²) < 4.78 is 0. The van der Waals surface area contributed by atoms with Crippen molar-refractivity contribution in [3.63, 3.8) is 0 Å². The highest BCUT2D eigenvalue weighted by Gasteiger charge is 2.15. The lowest BCUT2D eigenvalue weighted by Gasteiger charge is -2.35. The Morgan fingerprint density at radius 2 is 1.73 bits per heavy atom. The molecule has 1 saturated heterocycles. The van der Waals surface area contributed by atoms with E-state index in [0.717, 1.165) is 26.2 Å². The Morgan fingerprint density at radius 3 is 2.33 bits per heavy atom. The van der Waals surface area contributed by atoms with Crippen molar-refractivity contribution in [2.24, 2.45) is 0 Å². The third-order valence-electron chi connectivity index (χ3n) is 2.83. The molecule has 0 unspecified atom stereocenters. The monoisotopic (exact) mass is 205 g/mol. The molecule has 0 amide bonds. The maximum atomic E-state index is 8.72. The van der Waals surface area contributed by atoms with Crippen LogP contribution in [0.3, 0.4) is 0 Å². The zero-order valence-electron chi connectivity index (χ0n) is 8.84. The number of aliphatic hydroxyl groups is 1. The van der Waals surface area contributed by atoms with Crippen molar-refractivity contribution in [3.8, 4) is 0 Å². The highest BCUT2D eigenvalue weighted by Crippen LogP contribution is 2.15. The molecule has 81 valence electrons. The first-order valence-electron chi connectivity index (χ1n) is 5.38. The standard InChI is InChI=1S/C12H17N2O/c15-11-10-13-6-8-14(9-7-13)12-4-2-1-3-5-12/h1-5,11,15H,6-10H2. The molecule has 1 radical (unpaired) electrons. The van der Waals surface area contributed by atoms with E-state index in [0.29, 0.717) is 6.54 Å². The summed E-state index contributed by atoms with van der Waals surface area (Å²) in [6, 6.07) is 10.5. The fourth-order valence-corrected chi connectivity index (χ4v) is 1.94. The zero-order chi connectivity index (χ0) is 10.5. The van der Waals surface area contributed by atoms with Crippen molar-refractivity contribution in [2.75, 3.05) is 37.6 Å². The second-order valence-corrected chi connectivity index (χ2v) is 3.81. The number of rotatable bonds is 3. The third-order valence-corrected chi connectivity index (χ3v) is 2.83. The van der Waals surface area contributed by atoms with Gasteiger partial charge in [0.25, 0.3) is 0 Å². The molecule has 2 rings (SSSR count). The van der Waals surface area contributed by atoms with Crippen LogP contribution in [0.1, 0.15) is 0 Å². The van der Waals surface area contributed by atoms with Crippen LogP contribution in [0.15, 0.2) is 30.3 Å². The van der Waals surface area contributed by atoms with Crippen molar-refractivity contribution in [3.05, 3.63) is 36.9 Å². The van der Waals surface area contributed by atoms with Crippen molar-refractivity contribution >= 4 is 5.69 Å². The zero-order valence-corrected chi connectivity index (χ0v) is 8.84. The summed E-state index contributed by atoms with van der Waals surface area (Å²) in [6.07, 6.45) is 0. The minimum absolute atomic E-state index is 0.683. The Kier molecular flexibility index (Phi) is 3.59. The van der Waals surface area contributed by atoms with Gasteiger partial charge in [-0.2, -0.15) is 0 Å². The molecule has 15 heavy (non-hydrogen) atoms. The molecule has 1 aliphatic heterocycles. The maximum Gasteiger partial charge on any atom is 0.0938 e. The summed E-state index contributed by atoms with van der Waals surface area (Å²) >= 11 is 0. The van der Waals surface area contributed by atoms with Crippen molar-refractivity contribution < 1.29 is 5.11 Å². The molecule has 3 heteroatoms. The van der Waals surface area contributed by atoms with Crippen LogP contribution in [0.5, 0.6) is 0 Å². The first kappa shape index (κ1) is 10.5. The highest BCUT2D eigenvalue weighted by molar-refractivity contribution is 5.46. The van der Waals surface area contributed by atoms with Gasteiger partial charge in [-0.1, -0.05) is 18.2 Å². The Labute approximate surface area is 90.9 Å². The lowest BCUT2D eigenvalue weighted by atomic mass is 10.2. The Balaban J connectivity index is 1.88. The van der Waals surface area contributed by atoms with E-state index in [1.165, 1.54) is 12.3 Å². The molecule has 1 aromatic carbocycles. The number of para-hydroxylation sites is 1. The minimum atomic E-state index is 0.683. The molecule has 0 spiro atoms. The normalized spacial score (nSPS) is 18.1. The van der Waals surface area contributed by atoms with Crippen LogP contribution in [-0.2, 0) is 0 Å². The van der Waals surface area contributed by atoms with Gasteiger partial charge in [0.2, 0.25) is 0 Å². The molecule has 0 saturated carbocycles. The molecule has 1 heterocycles. The SMILES string of the molecule is O[CH]CN1CCN(c2ccccc2)CC1. The molecule has 0 bridgehead atoms. The largest absolute Gasteiger partial charge is 0.389 e. The average molecular weight is 205 g/mol. The predicted molar refractivity (Wildman–Crippen MR) is 61.3 cm³/mol. The fourth-order valence-electron chi connectivity index (χ4n) is 1.94. The van der Waals surface area contributed by atoms with Gasteiger partial charge in [0.05, 0.1) is 6.61 Å². The lowest BCUT2D eigenvalue weighted by Crippen LogP contribution is -2.46. The maximum absolute atomic E-state index is 8.72. The van der Waals surface area contributed by atoms with Crippen molar-refractivity contribution in [1.82, 2.24) is 4.90 Å². The van der Waals surface area contributed by atoms with Crippen LogP contribution in [0.4, 0.5) is 5.69 Å². The quantitative estimate of drug-likeness (QED) is 0.806. The smallest absolute Gasteiger partial charge is 0.0938 e. The second kappa shape index (κ2) is 5.14. The van der Waals surface area contributed by atoms with E-state index in [1.54, 1.807) is 0 Å². The summed E-state index contributed by atoms with van der Waals surface area (Å²) in [7, 11) is 0. The molecule has 3 nitrogen and oxygen atoms in total. The summed E-state index contributed by atoms with van der Waals surface area (Å²) in [5, 5.41) is 8.72. The first-order chi connectivity index (χ1) is 7.40. The Hall–Kier alpha value is -1.06. The van der Waals surface area contributed by atoms with Crippen LogP contribution in [0.2, 0.25) is 0 Å². The van der Waals surface area contributed by atoms with Crippen LogP contribution in [0, 0.1) is 6.61 Å². The molecular formula is C12H17N2O. The van der Waals surface area contributed by atoms with Crippen LogP contribution < -0.4 is 4.90 Å². The Morgan fingerprint density at radius 1 is 1.07 bits per heavy atom. The van der Waals surface area contributed by atoms with Crippen LogP contribution >= 0.6 is 0 Å². The summed E-state index contributed by atoms with van der Waals surface area (Å²) in [6.45, 7) is 6.04. The van der Waals surface area contributed by atoms with Crippen LogP contribution in [-0.4, -0.2) is 42.7 Å². The predicted octanol–water partition coefficient (Wildman–Crippen LogP) is 1.34. The number of hydrogen-bond acceptors (Lipinski definition) is 3. The van der Waals surface area contributed by atoms with E-state index in [1.807, 2.05) is 6.07 Å². The van der Waals surface area contributed by atoms with E-state index in [2.05, 4.69) is 34.1 Å². The molecule has 0 aromatic heterocycles. The Bertz CT molecular complexity index is 281. The highest BCUT2D eigenvalue weighted by atomic mass is 16.3. The molecule has 1 aliphatic rings. The fraction of sp³-hybridized carbons (Fsp3) is 0.417. The van der Waals surface area contributed by atoms with Crippen LogP contribution in [0.25, 0.3) is 0 Å².